The van der Waals surface area contributed by atoms with Crippen molar-refractivity contribution in [1.82, 2.24) is 4.98 Å². The standard InChI is InChI=1S/C15H17ClN2O2/c1-2-11(16)9-18-15-12-8-14-13(19-5-6-20-14)7-10(12)3-4-17-15/h3-4,7-8,11H,2,5-6,9H2,1H3,(H,17,18). The first kappa shape index (κ1) is 13.3. The second-order valence-corrected chi connectivity index (χ2v) is 5.38. The van der Waals surface area contributed by atoms with Gasteiger partial charge in [-0.05, 0) is 30.0 Å². The van der Waals surface area contributed by atoms with E-state index in [0.29, 0.717) is 19.8 Å². The number of aromatic nitrogens is 1. The third-order valence-electron chi connectivity index (χ3n) is 3.36. The lowest BCUT2D eigenvalue weighted by molar-refractivity contribution is 0.172. The molecule has 1 aromatic heterocycles. The number of hydrogen-bond donors (Lipinski definition) is 1. The molecule has 1 unspecified atom stereocenters. The zero-order chi connectivity index (χ0) is 13.9. The number of alkyl halides is 1. The van der Waals surface area contributed by atoms with E-state index in [1.165, 1.54) is 0 Å². The Balaban J connectivity index is 1.96. The molecule has 0 bridgehead atoms. The third kappa shape index (κ3) is 2.61. The number of anilines is 1. The van der Waals surface area contributed by atoms with Crippen molar-refractivity contribution in [3.05, 3.63) is 24.4 Å². The lowest BCUT2D eigenvalue weighted by atomic mass is 10.1. The van der Waals surface area contributed by atoms with E-state index in [-0.39, 0.29) is 5.38 Å². The number of ether oxygens (including phenoxy) is 2. The second kappa shape index (κ2) is 5.75. The minimum absolute atomic E-state index is 0.101. The molecule has 4 nitrogen and oxygen atoms in total. The highest BCUT2D eigenvalue weighted by Crippen LogP contribution is 2.36. The average Bonchev–Trinajstić information content (AvgIpc) is 2.50. The molecule has 1 N–H and O–H groups in total. The Morgan fingerprint density at radius 2 is 2.05 bits per heavy atom. The molecule has 0 saturated carbocycles. The highest BCUT2D eigenvalue weighted by Gasteiger charge is 2.14. The van der Waals surface area contributed by atoms with E-state index < -0.39 is 0 Å². The van der Waals surface area contributed by atoms with Crippen molar-refractivity contribution in [3.8, 4) is 11.5 Å². The maximum atomic E-state index is 6.15. The minimum atomic E-state index is 0.101. The Bertz CT molecular complexity index is 618. The molecule has 106 valence electrons. The number of nitrogens with one attached hydrogen (secondary N) is 1. The minimum Gasteiger partial charge on any atom is -0.486 e. The number of fused-ring (bicyclic) bond motifs is 2. The fraction of sp³-hybridized carbons (Fsp3) is 0.400. The first-order chi connectivity index (χ1) is 9.78. The van der Waals surface area contributed by atoms with Gasteiger partial charge in [-0.15, -0.1) is 11.6 Å². The number of pyridine rings is 1. The van der Waals surface area contributed by atoms with Crippen molar-refractivity contribution in [1.29, 1.82) is 0 Å². The largest absolute Gasteiger partial charge is 0.486 e. The van der Waals surface area contributed by atoms with Crippen molar-refractivity contribution in [2.75, 3.05) is 25.1 Å². The molecular weight excluding hydrogens is 276 g/mol. The molecular formula is C15H17ClN2O2. The van der Waals surface area contributed by atoms with E-state index in [0.717, 1.165) is 34.5 Å². The first-order valence-corrected chi connectivity index (χ1v) is 7.28. The van der Waals surface area contributed by atoms with Crippen LogP contribution in [0.1, 0.15) is 13.3 Å². The van der Waals surface area contributed by atoms with Gasteiger partial charge < -0.3 is 14.8 Å². The Labute approximate surface area is 123 Å². The van der Waals surface area contributed by atoms with E-state index in [1.807, 2.05) is 18.2 Å². The Hall–Kier alpha value is -1.68. The van der Waals surface area contributed by atoms with Crippen LogP contribution < -0.4 is 14.8 Å². The van der Waals surface area contributed by atoms with Gasteiger partial charge in [-0.1, -0.05) is 6.92 Å². The maximum absolute atomic E-state index is 6.15. The number of nitrogens with zero attached hydrogens (tertiary/aromatic N) is 1. The van der Waals surface area contributed by atoms with E-state index in [1.54, 1.807) is 6.20 Å². The molecule has 0 radical (unpaired) electrons. The predicted molar refractivity (Wildman–Crippen MR) is 81.2 cm³/mol. The summed E-state index contributed by atoms with van der Waals surface area (Å²) < 4.78 is 11.2. The van der Waals surface area contributed by atoms with Crippen molar-refractivity contribution >= 4 is 28.2 Å². The third-order valence-corrected chi connectivity index (χ3v) is 3.82. The number of hydrogen-bond acceptors (Lipinski definition) is 4. The summed E-state index contributed by atoms with van der Waals surface area (Å²) in [4.78, 5) is 4.40. The summed E-state index contributed by atoms with van der Waals surface area (Å²) in [6.07, 6.45) is 2.71. The summed E-state index contributed by atoms with van der Waals surface area (Å²) in [5.41, 5.74) is 0. The molecule has 1 aliphatic heterocycles. The van der Waals surface area contributed by atoms with E-state index in [9.17, 15) is 0 Å². The molecule has 2 heterocycles. The number of halogens is 1. The van der Waals surface area contributed by atoms with Crippen LogP contribution in [0.2, 0.25) is 0 Å². The molecule has 0 spiro atoms. The molecule has 5 heteroatoms. The highest BCUT2D eigenvalue weighted by molar-refractivity contribution is 6.20. The van der Waals surface area contributed by atoms with Crippen LogP contribution >= 0.6 is 11.6 Å². The molecule has 0 saturated heterocycles. The van der Waals surface area contributed by atoms with Crippen LogP contribution in [-0.4, -0.2) is 30.1 Å². The highest BCUT2D eigenvalue weighted by atomic mass is 35.5. The molecule has 3 rings (SSSR count). The Morgan fingerprint density at radius 3 is 2.80 bits per heavy atom. The summed E-state index contributed by atoms with van der Waals surface area (Å²) in [5.74, 6) is 2.40. The maximum Gasteiger partial charge on any atom is 0.162 e. The molecule has 0 aliphatic carbocycles. The summed E-state index contributed by atoms with van der Waals surface area (Å²) in [7, 11) is 0. The van der Waals surface area contributed by atoms with Gasteiger partial charge in [0.25, 0.3) is 0 Å². The lowest BCUT2D eigenvalue weighted by Crippen LogP contribution is -2.16. The molecule has 1 atom stereocenters. The van der Waals surface area contributed by atoms with Gasteiger partial charge in [0.1, 0.15) is 19.0 Å². The van der Waals surface area contributed by atoms with Crippen LogP contribution in [0.3, 0.4) is 0 Å². The van der Waals surface area contributed by atoms with Crippen LogP contribution in [0.15, 0.2) is 24.4 Å². The van der Waals surface area contributed by atoms with E-state index >= 15 is 0 Å². The SMILES string of the molecule is CCC(Cl)CNc1nccc2cc3c(cc12)OCCO3. The van der Waals surface area contributed by atoms with Gasteiger partial charge >= 0.3 is 0 Å². The van der Waals surface area contributed by atoms with Crippen molar-refractivity contribution in [2.45, 2.75) is 18.7 Å². The molecule has 1 aliphatic rings. The molecule has 0 fully saturated rings. The normalized spacial score (nSPS) is 15.1. The first-order valence-electron chi connectivity index (χ1n) is 6.84. The Kier molecular flexibility index (Phi) is 3.83. The fourth-order valence-corrected chi connectivity index (χ4v) is 2.28. The van der Waals surface area contributed by atoms with Gasteiger partial charge in [-0.2, -0.15) is 0 Å². The van der Waals surface area contributed by atoms with Crippen molar-refractivity contribution in [3.63, 3.8) is 0 Å². The summed E-state index contributed by atoms with van der Waals surface area (Å²) in [6, 6.07) is 5.94. The molecule has 0 amide bonds. The number of benzene rings is 1. The predicted octanol–water partition coefficient (Wildman–Crippen LogP) is 3.44. The monoisotopic (exact) mass is 292 g/mol. The number of rotatable bonds is 4. The molecule has 1 aromatic carbocycles. The molecule has 20 heavy (non-hydrogen) atoms. The Morgan fingerprint density at radius 1 is 1.30 bits per heavy atom. The summed E-state index contributed by atoms with van der Waals surface area (Å²) >= 11 is 6.15. The van der Waals surface area contributed by atoms with Gasteiger partial charge in [0.05, 0.1) is 5.38 Å². The van der Waals surface area contributed by atoms with E-state index in [2.05, 4.69) is 17.2 Å². The summed E-state index contributed by atoms with van der Waals surface area (Å²) in [5, 5.41) is 5.51. The van der Waals surface area contributed by atoms with E-state index in [4.69, 9.17) is 21.1 Å². The lowest BCUT2D eigenvalue weighted by Gasteiger charge is -2.19. The average molecular weight is 293 g/mol. The summed E-state index contributed by atoms with van der Waals surface area (Å²) in [6.45, 7) is 3.94. The van der Waals surface area contributed by atoms with Crippen LogP contribution in [0.5, 0.6) is 11.5 Å². The van der Waals surface area contributed by atoms with Gasteiger partial charge in [0, 0.05) is 18.1 Å². The van der Waals surface area contributed by atoms with Crippen LogP contribution in [0, 0.1) is 0 Å². The van der Waals surface area contributed by atoms with Crippen LogP contribution in [0.25, 0.3) is 10.8 Å². The molecule has 2 aromatic rings. The van der Waals surface area contributed by atoms with Gasteiger partial charge in [0.2, 0.25) is 0 Å². The quantitative estimate of drug-likeness (QED) is 0.877. The van der Waals surface area contributed by atoms with Crippen LogP contribution in [-0.2, 0) is 0 Å². The zero-order valence-electron chi connectivity index (χ0n) is 11.4. The van der Waals surface area contributed by atoms with Crippen molar-refractivity contribution in [2.24, 2.45) is 0 Å². The van der Waals surface area contributed by atoms with Gasteiger partial charge in [-0.3, -0.25) is 0 Å². The zero-order valence-corrected chi connectivity index (χ0v) is 12.1. The fourth-order valence-electron chi connectivity index (χ4n) is 2.20. The van der Waals surface area contributed by atoms with Gasteiger partial charge in [0.15, 0.2) is 11.5 Å². The van der Waals surface area contributed by atoms with Crippen LogP contribution in [0.4, 0.5) is 5.82 Å². The van der Waals surface area contributed by atoms with Gasteiger partial charge in [-0.25, -0.2) is 4.98 Å². The second-order valence-electron chi connectivity index (χ2n) is 4.76. The smallest absolute Gasteiger partial charge is 0.162 e. The topological polar surface area (TPSA) is 43.4 Å². The van der Waals surface area contributed by atoms with Crippen molar-refractivity contribution < 1.29 is 9.47 Å².